The lowest BCUT2D eigenvalue weighted by Crippen LogP contribution is -2.01. The van der Waals surface area contributed by atoms with Gasteiger partial charge in [-0.2, -0.15) is 17.6 Å². The summed E-state index contributed by atoms with van der Waals surface area (Å²) in [6, 6.07) is 14.0. The number of aromatic amines is 1. The first kappa shape index (κ1) is 23.4. The Bertz CT molecular complexity index is 1580. The molecule has 3 aromatic carbocycles. The van der Waals surface area contributed by atoms with Crippen LogP contribution in [-0.2, 0) is 6.54 Å². The van der Waals surface area contributed by atoms with Crippen LogP contribution in [0.15, 0.2) is 67.0 Å². The molecule has 2 aromatic heterocycles. The maximum Gasteiger partial charge on any atom is 0.340 e. The highest BCUT2D eigenvalue weighted by Gasteiger charge is 2.25. The van der Waals surface area contributed by atoms with Gasteiger partial charge in [-0.05, 0) is 17.7 Å². The van der Waals surface area contributed by atoms with Crippen molar-refractivity contribution in [1.29, 1.82) is 0 Å². The van der Waals surface area contributed by atoms with Gasteiger partial charge in [0.1, 0.15) is 0 Å². The van der Waals surface area contributed by atoms with Crippen LogP contribution in [0.5, 0.6) is 0 Å². The Morgan fingerprint density at radius 1 is 0.800 bits per heavy atom. The Morgan fingerprint density at radius 3 is 2.03 bits per heavy atom. The molecule has 0 bridgehead atoms. The standard InChI is InChI=1S/C15H10F2N2O2.C8H4F2N2O2/c16-12-8-13-11(14(17)15(12)19(20)21)6-7-18(13)9-10-4-2-1-3-5-10;9-5-3-6-4(1-2-11-6)7(10)8(5)12(13)14/h1-8H,9H2;1-3,11H. The second-order valence-electron chi connectivity index (χ2n) is 7.36. The molecular weight excluding hydrogens is 472 g/mol. The lowest BCUT2D eigenvalue weighted by molar-refractivity contribution is -0.390. The number of fused-ring (bicyclic) bond motifs is 2. The number of hydrogen-bond acceptors (Lipinski definition) is 4. The average molecular weight is 486 g/mol. The molecule has 2 heterocycles. The minimum absolute atomic E-state index is 0.0121. The van der Waals surface area contributed by atoms with E-state index < -0.39 is 44.5 Å². The third kappa shape index (κ3) is 4.40. The molecule has 0 saturated carbocycles. The lowest BCUT2D eigenvalue weighted by atomic mass is 10.2. The van der Waals surface area contributed by atoms with E-state index in [9.17, 15) is 37.8 Å². The van der Waals surface area contributed by atoms with Crippen molar-refractivity contribution in [2.45, 2.75) is 6.54 Å². The van der Waals surface area contributed by atoms with Gasteiger partial charge in [0, 0.05) is 41.8 Å². The molecule has 0 aliphatic heterocycles. The van der Waals surface area contributed by atoms with Crippen molar-refractivity contribution in [2.75, 3.05) is 0 Å². The smallest absolute Gasteiger partial charge is 0.340 e. The van der Waals surface area contributed by atoms with Crippen LogP contribution in [0.1, 0.15) is 5.56 Å². The van der Waals surface area contributed by atoms with Crippen molar-refractivity contribution >= 4 is 33.2 Å². The maximum absolute atomic E-state index is 14.0. The Labute approximate surface area is 193 Å². The largest absolute Gasteiger partial charge is 0.361 e. The van der Waals surface area contributed by atoms with Gasteiger partial charge in [0.15, 0.2) is 0 Å². The fourth-order valence-corrected chi connectivity index (χ4v) is 3.63. The zero-order valence-corrected chi connectivity index (χ0v) is 17.5. The Hall–Kier alpha value is -4.74. The Balaban J connectivity index is 0.000000179. The SMILES string of the molecule is O=[N+]([O-])c1c(F)cc2[nH]ccc2c1F.O=[N+]([O-])c1c(F)cc2c(ccn2Cc2ccccc2)c1F. The van der Waals surface area contributed by atoms with Crippen LogP contribution < -0.4 is 0 Å². The van der Waals surface area contributed by atoms with Crippen LogP contribution in [0, 0.1) is 43.5 Å². The highest BCUT2D eigenvalue weighted by Crippen LogP contribution is 2.31. The van der Waals surface area contributed by atoms with Gasteiger partial charge in [-0.15, -0.1) is 0 Å². The van der Waals surface area contributed by atoms with Gasteiger partial charge in [-0.25, -0.2) is 0 Å². The molecule has 0 radical (unpaired) electrons. The molecule has 35 heavy (non-hydrogen) atoms. The number of nitro benzene ring substituents is 2. The molecule has 8 nitrogen and oxygen atoms in total. The van der Waals surface area contributed by atoms with Crippen molar-refractivity contribution in [3.8, 4) is 0 Å². The Kier molecular flexibility index (Phi) is 6.19. The normalized spacial score (nSPS) is 10.9. The van der Waals surface area contributed by atoms with Crippen molar-refractivity contribution in [2.24, 2.45) is 0 Å². The molecule has 0 fully saturated rings. The zero-order valence-electron chi connectivity index (χ0n) is 17.5. The van der Waals surface area contributed by atoms with Crippen LogP contribution in [0.2, 0.25) is 0 Å². The van der Waals surface area contributed by atoms with Crippen molar-refractivity contribution in [3.05, 3.63) is 116 Å². The predicted molar refractivity (Wildman–Crippen MR) is 119 cm³/mol. The fourth-order valence-electron chi connectivity index (χ4n) is 3.63. The molecule has 12 heteroatoms. The third-order valence-electron chi connectivity index (χ3n) is 5.22. The molecule has 0 aliphatic rings. The highest BCUT2D eigenvalue weighted by molar-refractivity contribution is 5.84. The van der Waals surface area contributed by atoms with Gasteiger partial charge in [0.05, 0.1) is 20.9 Å². The molecule has 0 unspecified atom stereocenters. The van der Waals surface area contributed by atoms with Gasteiger partial charge >= 0.3 is 11.4 Å². The van der Waals surface area contributed by atoms with E-state index in [2.05, 4.69) is 4.98 Å². The summed E-state index contributed by atoms with van der Waals surface area (Å²) in [7, 11) is 0. The van der Waals surface area contributed by atoms with Gasteiger partial charge in [-0.1, -0.05) is 30.3 Å². The van der Waals surface area contributed by atoms with E-state index >= 15 is 0 Å². The number of benzene rings is 3. The highest BCUT2D eigenvalue weighted by atomic mass is 19.1. The number of hydrogen-bond donors (Lipinski definition) is 1. The van der Waals surface area contributed by atoms with E-state index in [-0.39, 0.29) is 16.3 Å². The van der Waals surface area contributed by atoms with Crippen LogP contribution >= 0.6 is 0 Å². The molecular formula is C23H14F4N4O4. The summed E-state index contributed by atoms with van der Waals surface area (Å²) in [4.78, 5) is 21.5. The van der Waals surface area contributed by atoms with E-state index in [0.29, 0.717) is 12.1 Å². The predicted octanol–water partition coefficient (Wildman–Crippen LogP) is 6.23. The summed E-state index contributed by atoms with van der Waals surface area (Å²) in [5.41, 5.74) is -0.767. The molecule has 0 saturated heterocycles. The molecule has 0 aliphatic carbocycles. The second kappa shape index (κ2) is 9.25. The number of nitrogens with zero attached hydrogens (tertiary/aromatic N) is 3. The summed E-state index contributed by atoms with van der Waals surface area (Å²) in [6.45, 7) is 0.432. The first-order valence-corrected chi connectivity index (χ1v) is 9.93. The quantitative estimate of drug-likeness (QED) is 0.185. The van der Waals surface area contributed by atoms with Gasteiger partial charge < -0.3 is 9.55 Å². The fraction of sp³-hybridized carbons (Fsp3) is 0.0435. The van der Waals surface area contributed by atoms with Crippen LogP contribution in [0.4, 0.5) is 28.9 Å². The summed E-state index contributed by atoms with van der Waals surface area (Å²) >= 11 is 0. The summed E-state index contributed by atoms with van der Waals surface area (Å²) in [6.07, 6.45) is 2.97. The summed E-state index contributed by atoms with van der Waals surface area (Å²) in [5.74, 6) is -4.63. The number of H-pyrrole nitrogens is 1. The second-order valence-corrected chi connectivity index (χ2v) is 7.36. The summed E-state index contributed by atoms with van der Waals surface area (Å²) in [5, 5.41) is 21.1. The Morgan fingerprint density at radius 2 is 1.40 bits per heavy atom. The number of halogens is 4. The zero-order chi connectivity index (χ0) is 25.3. The van der Waals surface area contributed by atoms with Crippen molar-refractivity contribution in [1.82, 2.24) is 9.55 Å². The lowest BCUT2D eigenvalue weighted by Gasteiger charge is -2.06. The average Bonchev–Trinajstić information content (AvgIpc) is 3.42. The molecule has 5 rings (SSSR count). The minimum Gasteiger partial charge on any atom is -0.361 e. The monoisotopic (exact) mass is 486 g/mol. The number of nitrogens with one attached hydrogen (secondary N) is 1. The molecule has 0 spiro atoms. The van der Waals surface area contributed by atoms with E-state index in [1.807, 2.05) is 30.3 Å². The van der Waals surface area contributed by atoms with Crippen LogP contribution in [0.25, 0.3) is 21.8 Å². The van der Waals surface area contributed by atoms with Gasteiger partial charge in [0.2, 0.25) is 23.3 Å². The molecule has 5 aromatic rings. The van der Waals surface area contributed by atoms with Crippen molar-refractivity contribution < 1.29 is 27.4 Å². The van der Waals surface area contributed by atoms with E-state index in [1.165, 1.54) is 18.3 Å². The first-order chi connectivity index (χ1) is 16.7. The molecule has 1 N–H and O–H groups in total. The number of aromatic nitrogens is 2. The van der Waals surface area contributed by atoms with Crippen LogP contribution in [0.3, 0.4) is 0 Å². The number of rotatable bonds is 4. The van der Waals surface area contributed by atoms with E-state index in [1.54, 1.807) is 10.8 Å². The van der Waals surface area contributed by atoms with Crippen LogP contribution in [-0.4, -0.2) is 19.4 Å². The van der Waals surface area contributed by atoms with E-state index in [4.69, 9.17) is 0 Å². The molecule has 178 valence electrons. The molecule has 0 atom stereocenters. The number of nitro groups is 2. The maximum atomic E-state index is 14.0. The summed E-state index contributed by atoms with van der Waals surface area (Å²) < 4.78 is 55.7. The molecule has 0 amide bonds. The van der Waals surface area contributed by atoms with E-state index in [0.717, 1.165) is 17.7 Å². The minimum atomic E-state index is -1.18. The van der Waals surface area contributed by atoms with Crippen molar-refractivity contribution in [3.63, 3.8) is 0 Å². The first-order valence-electron chi connectivity index (χ1n) is 9.93. The third-order valence-corrected chi connectivity index (χ3v) is 5.22. The topological polar surface area (TPSA) is 107 Å². The van der Waals surface area contributed by atoms with Gasteiger partial charge in [0.25, 0.3) is 0 Å². The van der Waals surface area contributed by atoms with Gasteiger partial charge in [-0.3, -0.25) is 20.2 Å².